The lowest BCUT2D eigenvalue weighted by Crippen LogP contribution is -2.34. The molecule has 1 aliphatic rings. The average molecular weight is 399 g/mol. The Labute approximate surface area is 179 Å². The van der Waals surface area contributed by atoms with E-state index in [9.17, 15) is 5.11 Å². The van der Waals surface area contributed by atoms with Crippen LogP contribution >= 0.6 is 0 Å². The molecule has 1 fully saturated rings. The topological polar surface area (TPSA) is 29.5 Å². The molecule has 0 aliphatic heterocycles. The van der Waals surface area contributed by atoms with Crippen molar-refractivity contribution in [2.75, 3.05) is 0 Å². The zero-order valence-corrected chi connectivity index (χ0v) is 17.6. The molecule has 0 spiro atoms. The molecule has 30 heavy (non-hydrogen) atoms. The minimum Gasteiger partial charge on any atom is -0.488 e. The van der Waals surface area contributed by atoms with E-state index in [0.717, 1.165) is 31.4 Å². The third-order valence-electron chi connectivity index (χ3n) is 6.03. The maximum absolute atomic E-state index is 10.2. The van der Waals surface area contributed by atoms with Crippen molar-refractivity contribution in [2.45, 2.75) is 50.7 Å². The number of ether oxygens (including phenoxy) is 1. The van der Waals surface area contributed by atoms with E-state index in [-0.39, 0.29) is 18.1 Å². The van der Waals surface area contributed by atoms with Crippen LogP contribution in [0.2, 0.25) is 0 Å². The summed E-state index contributed by atoms with van der Waals surface area (Å²) in [6.45, 7) is 2.11. The third kappa shape index (κ3) is 4.66. The van der Waals surface area contributed by atoms with Crippen molar-refractivity contribution in [1.29, 1.82) is 0 Å². The van der Waals surface area contributed by atoms with Crippen LogP contribution in [-0.2, 0) is 0 Å². The number of hydrogen-bond acceptors (Lipinski definition) is 2. The Hall–Kier alpha value is -2.84. The number of aliphatic hydroxyl groups is 1. The lowest BCUT2D eigenvalue weighted by molar-refractivity contribution is 0.00687. The van der Waals surface area contributed by atoms with Gasteiger partial charge in [0.15, 0.2) is 0 Å². The highest BCUT2D eigenvalue weighted by molar-refractivity contribution is 5.75. The van der Waals surface area contributed by atoms with Crippen molar-refractivity contribution in [2.24, 2.45) is 0 Å². The van der Waals surface area contributed by atoms with E-state index in [0.29, 0.717) is 0 Å². The monoisotopic (exact) mass is 398 g/mol. The molecule has 3 aromatic carbocycles. The summed E-state index contributed by atoms with van der Waals surface area (Å²) in [5.41, 5.74) is 5.03. The van der Waals surface area contributed by atoms with Crippen molar-refractivity contribution in [3.8, 4) is 5.75 Å². The van der Waals surface area contributed by atoms with Crippen LogP contribution in [0.25, 0.3) is 5.57 Å². The van der Waals surface area contributed by atoms with Crippen LogP contribution in [0.3, 0.4) is 0 Å². The summed E-state index contributed by atoms with van der Waals surface area (Å²) < 4.78 is 6.11. The van der Waals surface area contributed by atoms with Gasteiger partial charge in [0.2, 0.25) is 0 Å². The zero-order valence-electron chi connectivity index (χ0n) is 17.6. The fourth-order valence-corrected chi connectivity index (χ4v) is 4.46. The van der Waals surface area contributed by atoms with Crippen molar-refractivity contribution < 1.29 is 9.84 Å². The second kappa shape index (κ2) is 9.77. The van der Waals surface area contributed by atoms with Crippen molar-refractivity contribution in [1.82, 2.24) is 0 Å². The molecule has 3 unspecified atom stereocenters. The highest BCUT2D eigenvalue weighted by atomic mass is 16.5. The lowest BCUT2D eigenvalue weighted by Gasteiger charge is -2.28. The zero-order chi connectivity index (χ0) is 20.8. The summed E-state index contributed by atoms with van der Waals surface area (Å²) >= 11 is 0. The second-order valence-electron chi connectivity index (χ2n) is 8.03. The molecule has 0 bridgehead atoms. The molecule has 0 aromatic heterocycles. The first-order chi connectivity index (χ1) is 14.8. The van der Waals surface area contributed by atoms with Gasteiger partial charge in [-0.2, -0.15) is 0 Å². The molecular weight excluding hydrogens is 368 g/mol. The molecule has 4 rings (SSSR count). The van der Waals surface area contributed by atoms with E-state index < -0.39 is 0 Å². The SMILES string of the molecule is C/C=C(\c1ccccc1)C(c1ccccc1)c1ccc(OC2CCCCC2O)cc1. The number of rotatable bonds is 6. The van der Waals surface area contributed by atoms with Crippen molar-refractivity contribution in [3.05, 3.63) is 108 Å². The van der Waals surface area contributed by atoms with Crippen molar-refractivity contribution >= 4 is 5.57 Å². The average Bonchev–Trinajstić information content (AvgIpc) is 2.81. The predicted octanol–water partition coefficient (Wildman–Crippen LogP) is 6.60. The largest absolute Gasteiger partial charge is 0.488 e. The van der Waals surface area contributed by atoms with Crippen molar-refractivity contribution in [3.63, 3.8) is 0 Å². The molecule has 2 nitrogen and oxygen atoms in total. The molecule has 154 valence electrons. The quantitative estimate of drug-likeness (QED) is 0.506. The molecule has 1 N–H and O–H groups in total. The number of allylic oxidation sites excluding steroid dienone is 2. The van der Waals surface area contributed by atoms with Gasteiger partial charge in [-0.1, -0.05) is 85.3 Å². The molecule has 1 aliphatic carbocycles. The molecule has 1 saturated carbocycles. The smallest absolute Gasteiger partial charge is 0.124 e. The standard InChI is InChI=1S/C28H30O2/c1-2-25(21-11-5-3-6-12-21)28(22-13-7-4-8-14-22)23-17-19-24(20-18-23)30-27-16-10-9-15-26(27)29/h2-8,11-14,17-20,26-29H,9-10,15-16H2,1H3/b25-2+. The van der Waals surface area contributed by atoms with Crippen LogP contribution in [0.4, 0.5) is 0 Å². The van der Waals surface area contributed by atoms with Crippen LogP contribution < -0.4 is 4.74 Å². The van der Waals surface area contributed by atoms with Gasteiger partial charge < -0.3 is 9.84 Å². The van der Waals surface area contributed by atoms with Crippen LogP contribution in [0, 0.1) is 0 Å². The Bertz CT molecular complexity index is 945. The Kier molecular flexibility index (Phi) is 6.66. The van der Waals surface area contributed by atoms with Gasteiger partial charge in [0.25, 0.3) is 0 Å². The first-order valence-electron chi connectivity index (χ1n) is 11.0. The van der Waals surface area contributed by atoms with Gasteiger partial charge in [0.1, 0.15) is 11.9 Å². The van der Waals surface area contributed by atoms with Gasteiger partial charge in [-0.25, -0.2) is 0 Å². The molecule has 2 heteroatoms. The Morgan fingerprint density at radius 3 is 2.07 bits per heavy atom. The highest BCUT2D eigenvalue weighted by Gasteiger charge is 2.25. The maximum Gasteiger partial charge on any atom is 0.124 e. The van der Waals surface area contributed by atoms with E-state index in [2.05, 4.69) is 85.8 Å². The molecule has 0 amide bonds. The third-order valence-corrected chi connectivity index (χ3v) is 6.03. The summed E-state index contributed by atoms with van der Waals surface area (Å²) in [6.07, 6.45) is 5.73. The Morgan fingerprint density at radius 1 is 0.833 bits per heavy atom. The summed E-state index contributed by atoms with van der Waals surface area (Å²) in [6, 6.07) is 29.6. The molecule has 0 saturated heterocycles. The molecule has 0 heterocycles. The Balaban J connectivity index is 1.64. The molecule has 0 radical (unpaired) electrons. The van der Waals surface area contributed by atoms with Crippen LogP contribution in [0.1, 0.15) is 55.2 Å². The van der Waals surface area contributed by atoms with Crippen LogP contribution in [-0.4, -0.2) is 17.3 Å². The van der Waals surface area contributed by atoms with Gasteiger partial charge in [0, 0.05) is 5.92 Å². The van der Waals surface area contributed by atoms with E-state index in [1.54, 1.807) is 0 Å². The lowest BCUT2D eigenvalue weighted by atomic mass is 9.81. The van der Waals surface area contributed by atoms with E-state index in [1.165, 1.54) is 22.3 Å². The predicted molar refractivity (Wildman–Crippen MR) is 124 cm³/mol. The summed E-state index contributed by atoms with van der Waals surface area (Å²) in [5.74, 6) is 0.978. The van der Waals surface area contributed by atoms with Crippen LogP contribution in [0.5, 0.6) is 5.75 Å². The first-order valence-corrected chi connectivity index (χ1v) is 11.0. The maximum atomic E-state index is 10.2. The minimum atomic E-state index is -0.358. The van der Waals surface area contributed by atoms with Crippen LogP contribution in [0.15, 0.2) is 91.0 Å². The molecule has 3 atom stereocenters. The summed E-state index contributed by atoms with van der Waals surface area (Å²) in [5, 5.41) is 10.2. The summed E-state index contributed by atoms with van der Waals surface area (Å²) in [4.78, 5) is 0. The molecular formula is C28H30O2. The van der Waals surface area contributed by atoms with E-state index >= 15 is 0 Å². The van der Waals surface area contributed by atoms with E-state index in [4.69, 9.17) is 4.74 Å². The number of hydrogen-bond donors (Lipinski definition) is 1. The van der Waals surface area contributed by atoms with Gasteiger partial charge in [-0.05, 0) is 60.6 Å². The van der Waals surface area contributed by atoms with Gasteiger partial charge in [0.05, 0.1) is 6.10 Å². The highest BCUT2D eigenvalue weighted by Crippen LogP contribution is 2.38. The number of benzene rings is 3. The second-order valence-corrected chi connectivity index (χ2v) is 8.03. The fraction of sp³-hybridized carbons (Fsp3) is 0.286. The summed E-state index contributed by atoms with van der Waals surface area (Å²) in [7, 11) is 0. The minimum absolute atomic E-state index is 0.0927. The first kappa shape index (κ1) is 20.4. The van der Waals surface area contributed by atoms with Gasteiger partial charge in [-0.3, -0.25) is 0 Å². The normalized spacial score (nSPS) is 20.5. The van der Waals surface area contributed by atoms with E-state index in [1.807, 2.05) is 12.1 Å². The molecule has 3 aromatic rings. The number of aliphatic hydroxyl groups excluding tert-OH is 1. The fourth-order valence-electron chi connectivity index (χ4n) is 4.46. The van der Waals surface area contributed by atoms with Gasteiger partial charge >= 0.3 is 0 Å². The Morgan fingerprint density at radius 2 is 1.43 bits per heavy atom. The van der Waals surface area contributed by atoms with Gasteiger partial charge in [-0.15, -0.1) is 0 Å².